The first-order valence-electron chi connectivity index (χ1n) is 15.8. The summed E-state index contributed by atoms with van der Waals surface area (Å²) >= 11 is 6.65. The number of rotatable bonds is 8. The van der Waals surface area contributed by atoms with Crippen molar-refractivity contribution in [3.05, 3.63) is 46.6 Å². The van der Waals surface area contributed by atoms with Crippen molar-refractivity contribution in [2.24, 2.45) is 0 Å². The summed E-state index contributed by atoms with van der Waals surface area (Å²) in [7, 11) is 5.12. The molecule has 0 aliphatic carbocycles. The number of para-hydroxylation sites is 1. The van der Waals surface area contributed by atoms with Gasteiger partial charge < -0.3 is 19.4 Å². The highest BCUT2D eigenvalue weighted by molar-refractivity contribution is 6.34. The van der Waals surface area contributed by atoms with Crippen LogP contribution in [0.25, 0.3) is 0 Å². The molecule has 3 heterocycles. The normalized spacial score (nSPS) is 20.4. The third-order valence-corrected chi connectivity index (χ3v) is 8.87. The lowest BCUT2D eigenvalue weighted by atomic mass is 10.0. The summed E-state index contributed by atoms with van der Waals surface area (Å²) < 4.78 is 61.4. The van der Waals surface area contributed by atoms with Crippen molar-refractivity contribution in [3.8, 4) is 0 Å². The molecule has 0 N–H and O–H groups in total. The van der Waals surface area contributed by atoms with Gasteiger partial charge >= 0.3 is 12.3 Å². The number of amides is 3. The van der Waals surface area contributed by atoms with Crippen LogP contribution in [0, 0.1) is 6.92 Å². The second kappa shape index (κ2) is 14.5. The minimum Gasteiger partial charge on any atom is -0.444 e. The van der Waals surface area contributed by atoms with Crippen molar-refractivity contribution in [3.63, 3.8) is 0 Å². The van der Waals surface area contributed by atoms with Gasteiger partial charge in [0, 0.05) is 51.9 Å². The fourth-order valence-electron chi connectivity index (χ4n) is 6.10. The van der Waals surface area contributed by atoms with Crippen molar-refractivity contribution >= 4 is 46.7 Å². The van der Waals surface area contributed by atoms with Gasteiger partial charge in [-0.25, -0.2) is 14.2 Å². The van der Waals surface area contributed by atoms with Crippen LogP contribution in [-0.2, 0) is 20.5 Å². The summed E-state index contributed by atoms with van der Waals surface area (Å²) in [5, 5.41) is 0.348. The van der Waals surface area contributed by atoms with E-state index in [0.29, 0.717) is 42.5 Å². The molecule has 15 heteroatoms. The summed E-state index contributed by atoms with van der Waals surface area (Å²) in [5.74, 6) is -1.24. The molecule has 2 fully saturated rings. The zero-order chi connectivity index (χ0) is 35.7. The third-order valence-electron chi connectivity index (χ3n) is 8.56. The fourth-order valence-corrected chi connectivity index (χ4v) is 6.42. The number of ether oxygens (including phenoxy) is 1. The lowest BCUT2D eigenvalue weighted by Gasteiger charge is -2.40. The molecule has 3 unspecified atom stereocenters. The minimum absolute atomic E-state index is 0.0257. The van der Waals surface area contributed by atoms with Crippen molar-refractivity contribution in [1.82, 2.24) is 14.8 Å². The van der Waals surface area contributed by atoms with E-state index in [-0.39, 0.29) is 30.9 Å². The molecule has 4 rings (SSSR count). The van der Waals surface area contributed by atoms with E-state index >= 15 is 4.39 Å². The predicted octanol–water partition coefficient (Wildman–Crippen LogP) is 5.94. The van der Waals surface area contributed by atoms with Crippen LogP contribution in [-0.4, -0.2) is 104 Å². The molecule has 0 bridgehead atoms. The van der Waals surface area contributed by atoms with Crippen molar-refractivity contribution in [1.29, 1.82) is 0 Å². The molecule has 2 saturated heterocycles. The topological polar surface area (TPSA) is 89.5 Å². The average Bonchev–Trinajstić information content (AvgIpc) is 3.38. The second-order valence-electron chi connectivity index (χ2n) is 13.4. The highest BCUT2D eigenvalue weighted by atomic mass is 35.5. The monoisotopic (exact) mass is 698 g/mol. The van der Waals surface area contributed by atoms with E-state index in [2.05, 4.69) is 4.98 Å². The Bertz CT molecular complexity index is 1520. The van der Waals surface area contributed by atoms with E-state index < -0.39 is 53.5 Å². The number of carbonyl (C=O) groups excluding carboxylic acids is 3. The summed E-state index contributed by atoms with van der Waals surface area (Å²) in [5.41, 5.74) is -0.622. The molecule has 2 aromatic rings. The molecule has 1 aromatic heterocycles. The third kappa shape index (κ3) is 8.49. The SMILES string of the molecule is Cc1cc(C(F)(F)F)cc(N2C(=O)CCC2C(=O)N(C)c2cccc(Cl)c2N(C)CCN(C)C2CCN(C(=O)OC(C)(C)C)CC2F)n1. The van der Waals surface area contributed by atoms with Crippen LogP contribution in [0.1, 0.15) is 51.3 Å². The number of hydrogen-bond donors (Lipinski definition) is 0. The zero-order valence-corrected chi connectivity index (χ0v) is 29.0. The predicted molar refractivity (Wildman–Crippen MR) is 176 cm³/mol. The summed E-state index contributed by atoms with van der Waals surface area (Å²) in [6, 6.07) is 5.21. The molecular formula is C33H43ClF4N6O4. The largest absolute Gasteiger partial charge is 0.444 e. The number of anilines is 3. The van der Waals surface area contributed by atoms with Gasteiger partial charge in [0.05, 0.1) is 28.5 Å². The first-order valence-corrected chi connectivity index (χ1v) is 16.1. The van der Waals surface area contributed by atoms with Gasteiger partial charge in [0.15, 0.2) is 0 Å². The second-order valence-corrected chi connectivity index (χ2v) is 13.8. The summed E-state index contributed by atoms with van der Waals surface area (Å²) in [6.07, 6.45) is -5.98. The van der Waals surface area contributed by atoms with E-state index in [1.54, 1.807) is 46.0 Å². The molecular weight excluding hydrogens is 656 g/mol. The van der Waals surface area contributed by atoms with E-state index in [4.69, 9.17) is 16.3 Å². The lowest BCUT2D eigenvalue weighted by molar-refractivity contribution is -0.137. The van der Waals surface area contributed by atoms with Crippen LogP contribution >= 0.6 is 11.6 Å². The van der Waals surface area contributed by atoms with Crippen molar-refractivity contribution < 1.29 is 36.7 Å². The number of likely N-dealkylation sites (N-methyl/N-ethyl adjacent to an activating group) is 3. The number of nitrogens with zero attached hydrogens (tertiary/aromatic N) is 6. The maximum atomic E-state index is 15.3. The van der Waals surface area contributed by atoms with E-state index in [1.165, 1.54) is 23.8 Å². The molecule has 48 heavy (non-hydrogen) atoms. The molecule has 264 valence electrons. The van der Waals surface area contributed by atoms with Crippen LogP contribution in [0.4, 0.5) is 39.5 Å². The van der Waals surface area contributed by atoms with Gasteiger partial charge in [0.25, 0.3) is 0 Å². The van der Waals surface area contributed by atoms with Gasteiger partial charge in [-0.15, -0.1) is 0 Å². The number of piperidine rings is 1. The number of alkyl halides is 4. The molecule has 2 aliphatic heterocycles. The maximum absolute atomic E-state index is 15.3. The number of pyridine rings is 1. The first-order chi connectivity index (χ1) is 22.3. The van der Waals surface area contributed by atoms with E-state index in [0.717, 1.165) is 17.0 Å². The number of hydrogen-bond acceptors (Lipinski definition) is 7. The highest BCUT2D eigenvalue weighted by Crippen LogP contribution is 2.38. The number of halogens is 5. The van der Waals surface area contributed by atoms with Gasteiger partial charge in [0.2, 0.25) is 11.8 Å². The van der Waals surface area contributed by atoms with Crippen LogP contribution < -0.4 is 14.7 Å². The van der Waals surface area contributed by atoms with Gasteiger partial charge in [-0.3, -0.25) is 19.4 Å². The van der Waals surface area contributed by atoms with Gasteiger partial charge in [0.1, 0.15) is 23.6 Å². The molecule has 3 atom stereocenters. The van der Waals surface area contributed by atoms with Gasteiger partial charge in [-0.05, 0) is 71.8 Å². The van der Waals surface area contributed by atoms with Crippen molar-refractivity contribution in [2.75, 3.05) is 62.0 Å². The highest BCUT2D eigenvalue weighted by Gasteiger charge is 2.42. The number of benzene rings is 1. The Balaban J connectivity index is 1.47. The Morgan fingerprint density at radius 1 is 1.08 bits per heavy atom. The number of aryl methyl sites for hydroxylation is 1. The summed E-state index contributed by atoms with van der Waals surface area (Å²) in [6.45, 7) is 7.80. The molecule has 1 aromatic carbocycles. The quantitative estimate of drug-likeness (QED) is 0.316. The minimum atomic E-state index is -4.65. The smallest absolute Gasteiger partial charge is 0.416 e. The Hall–Kier alpha value is -3.65. The van der Waals surface area contributed by atoms with E-state index in [9.17, 15) is 27.6 Å². The van der Waals surface area contributed by atoms with Crippen LogP contribution in [0.3, 0.4) is 0 Å². The van der Waals surface area contributed by atoms with Crippen molar-refractivity contribution in [2.45, 2.75) is 77.0 Å². The molecule has 0 spiro atoms. The maximum Gasteiger partial charge on any atom is 0.416 e. The average molecular weight is 699 g/mol. The van der Waals surface area contributed by atoms with Crippen LogP contribution in [0.2, 0.25) is 5.02 Å². The van der Waals surface area contributed by atoms with Gasteiger partial charge in [-0.2, -0.15) is 13.2 Å². The molecule has 10 nitrogen and oxygen atoms in total. The van der Waals surface area contributed by atoms with Crippen LogP contribution in [0.5, 0.6) is 0 Å². The Kier molecular flexibility index (Phi) is 11.2. The standard InChI is InChI=1S/C33H43ClF4N6O4/c1-20-17-21(33(36,37)38)18-27(39-20)44-26(11-12-28(44)45)30(46)42(7)25-10-8-9-22(34)29(25)41(6)16-15-40(5)24-13-14-43(19-23(24)35)31(47)48-32(2,3)4/h8-10,17-18,23-24,26H,11-16,19H2,1-7H3. The summed E-state index contributed by atoms with van der Waals surface area (Å²) in [4.78, 5) is 51.0. The van der Waals surface area contributed by atoms with Crippen LogP contribution in [0.15, 0.2) is 30.3 Å². The Morgan fingerprint density at radius 3 is 2.40 bits per heavy atom. The Morgan fingerprint density at radius 2 is 1.77 bits per heavy atom. The molecule has 0 saturated carbocycles. The lowest BCUT2D eigenvalue weighted by Crippen LogP contribution is -2.54. The van der Waals surface area contributed by atoms with Gasteiger partial charge in [-0.1, -0.05) is 17.7 Å². The fraction of sp³-hybridized carbons (Fsp3) is 0.576. The Labute approximate surface area is 283 Å². The number of likely N-dealkylation sites (tertiary alicyclic amines) is 1. The van der Waals surface area contributed by atoms with E-state index in [1.807, 2.05) is 16.8 Å². The molecule has 0 radical (unpaired) electrons. The zero-order valence-electron chi connectivity index (χ0n) is 28.3. The molecule has 2 aliphatic rings. The number of carbonyl (C=O) groups is 3. The number of aromatic nitrogens is 1. The molecule has 3 amide bonds. The first kappa shape index (κ1) is 37.2.